The van der Waals surface area contributed by atoms with Crippen molar-refractivity contribution in [3.63, 3.8) is 0 Å². The van der Waals surface area contributed by atoms with Crippen LogP contribution in [-0.4, -0.2) is 43.6 Å². The molecule has 0 unspecified atom stereocenters. The Morgan fingerprint density at radius 1 is 1.04 bits per heavy atom. The van der Waals surface area contributed by atoms with Crippen LogP contribution in [0, 0.1) is 0 Å². The van der Waals surface area contributed by atoms with Gasteiger partial charge in [-0.15, -0.1) is 0 Å². The Labute approximate surface area is 170 Å². The molecule has 3 N–H and O–H groups in total. The Balaban J connectivity index is 1.57. The standard InChI is InChI=1S/C21H25Cl2NO3/c22-17-7-3-15(4-8-17)21(16-5-9-18(23)10-6-16)27-14-19(25)12-24-13-20-2-1-11-26-20/h3-10,19-21,24-25H,1-2,11-14H2/p+1/t19-,20+/m0/s1. The van der Waals surface area contributed by atoms with Crippen LogP contribution in [0.5, 0.6) is 0 Å². The van der Waals surface area contributed by atoms with Gasteiger partial charge in [-0.25, -0.2) is 0 Å². The number of nitrogens with two attached hydrogens (primary N) is 1. The highest BCUT2D eigenvalue weighted by molar-refractivity contribution is 6.30. The van der Waals surface area contributed by atoms with Gasteiger partial charge in [-0.1, -0.05) is 47.5 Å². The van der Waals surface area contributed by atoms with Gasteiger partial charge in [-0.3, -0.25) is 0 Å². The van der Waals surface area contributed by atoms with Gasteiger partial charge in [0.2, 0.25) is 0 Å². The Bertz CT molecular complexity index is 642. The fourth-order valence-corrected chi connectivity index (χ4v) is 3.49. The van der Waals surface area contributed by atoms with Crippen molar-refractivity contribution in [2.45, 2.75) is 31.2 Å². The lowest BCUT2D eigenvalue weighted by molar-refractivity contribution is -0.667. The van der Waals surface area contributed by atoms with E-state index < -0.39 is 6.10 Å². The normalized spacial score (nSPS) is 18.1. The molecule has 0 spiro atoms. The van der Waals surface area contributed by atoms with Crippen molar-refractivity contribution < 1.29 is 19.9 Å². The van der Waals surface area contributed by atoms with Crippen LogP contribution in [0.4, 0.5) is 0 Å². The molecule has 146 valence electrons. The van der Waals surface area contributed by atoms with Gasteiger partial charge in [0.1, 0.15) is 31.4 Å². The zero-order valence-electron chi connectivity index (χ0n) is 15.2. The van der Waals surface area contributed by atoms with Crippen molar-refractivity contribution in [1.29, 1.82) is 0 Å². The quantitative estimate of drug-likeness (QED) is 0.667. The summed E-state index contributed by atoms with van der Waals surface area (Å²) >= 11 is 12.0. The fourth-order valence-electron chi connectivity index (χ4n) is 3.24. The molecule has 1 saturated heterocycles. The van der Waals surface area contributed by atoms with Crippen LogP contribution < -0.4 is 5.32 Å². The third kappa shape index (κ3) is 6.46. The van der Waals surface area contributed by atoms with E-state index in [9.17, 15) is 5.11 Å². The number of hydrogen-bond acceptors (Lipinski definition) is 3. The first-order valence-electron chi connectivity index (χ1n) is 9.35. The molecule has 2 aromatic rings. The molecule has 0 bridgehead atoms. The molecule has 2 atom stereocenters. The summed E-state index contributed by atoms with van der Waals surface area (Å²) in [5, 5.41) is 13.8. The van der Waals surface area contributed by atoms with Gasteiger partial charge in [-0.05, 0) is 48.2 Å². The topological polar surface area (TPSA) is 55.3 Å². The Morgan fingerprint density at radius 2 is 1.63 bits per heavy atom. The second-order valence-corrected chi connectivity index (χ2v) is 7.74. The fraction of sp³-hybridized carbons (Fsp3) is 0.429. The van der Waals surface area contributed by atoms with Crippen LogP contribution >= 0.6 is 23.2 Å². The molecule has 0 aromatic heterocycles. The molecule has 4 nitrogen and oxygen atoms in total. The van der Waals surface area contributed by atoms with Gasteiger partial charge < -0.3 is 19.9 Å². The van der Waals surface area contributed by atoms with Gasteiger partial charge >= 0.3 is 0 Å². The maximum Gasteiger partial charge on any atom is 0.126 e. The highest BCUT2D eigenvalue weighted by atomic mass is 35.5. The molecule has 1 aliphatic rings. The molecule has 0 aliphatic carbocycles. The summed E-state index contributed by atoms with van der Waals surface area (Å²) in [5.41, 5.74) is 1.97. The summed E-state index contributed by atoms with van der Waals surface area (Å²) < 4.78 is 11.7. The summed E-state index contributed by atoms with van der Waals surface area (Å²) in [6.45, 7) is 2.58. The van der Waals surface area contributed by atoms with Gasteiger partial charge in [0.15, 0.2) is 0 Å². The van der Waals surface area contributed by atoms with Crippen molar-refractivity contribution in [1.82, 2.24) is 0 Å². The number of rotatable bonds is 9. The van der Waals surface area contributed by atoms with E-state index in [4.69, 9.17) is 32.7 Å². The van der Waals surface area contributed by atoms with Crippen LogP contribution in [0.3, 0.4) is 0 Å². The van der Waals surface area contributed by atoms with Gasteiger partial charge in [-0.2, -0.15) is 0 Å². The summed E-state index contributed by atoms with van der Waals surface area (Å²) in [7, 11) is 0. The van der Waals surface area contributed by atoms with Gasteiger partial charge in [0.05, 0.1) is 6.61 Å². The Morgan fingerprint density at radius 3 is 2.15 bits per heavy atom. The highest BCUT2D eigenvalue weighted by Crippen LogP contribution is 2.28. The van der Waals surface area contributed by atoms with Crippen LogP contribution in [0.1, 0.15) is 30.1 Å². The van der Waals surface area contributed by atoms with Crippen molar-refractivity contribution in [2.75, 3.05) is 26.3 Å². The van der Waals surface area contributed by atoms with Crippen LogP contribution in [-0.2, 0) is 9.47 Å². The molecule has 3 rings (SSSR count). The second-order valence-electron chi connectivity index (χ2n) is 6.87. The maximum absolute atomic E-state index is 10.3. The number of aliphatic hydroxyl groups excluding tert-OH is 1. The van der Waals surface area contributed by atoms with Crippen molar-refractivity contribution in [2.24, 2.45) is 0 Å². The van der Waals surface area contributed by atoms with E-state index in [1.807, 2.05) is 48.5 Å². The highest BCUT2D eigenvalue weighted by Gasteiger charge is 2.20. The van der Waals surface area contributed by atoms with Crippen molar-refractivity contribution >= 4 is 23.2 Å². The zero-order chi connectivity index (χ0) is 19.1. The minimum Gasteiger partial charge on any atom is -0.385 e. The molecule has 1 aliphatic heterocycles. The zero-order valence-corrected chi connectivity index (χ0v) is 16.7. The van der Waals surface area contributed by atoms with E-state index in [-0.39, 0.29) is 12.7 Å². The van der Waals surface area contributed by atoms with Gasteiger partial charge in [0.25, 0.3) is 0 Å². The van der Waals surface area contributed by atoms with E-state index in [2.05, 4.69) is 5.32 Å². The average molecular weight is 411 g/mol. The summed E-state index contributed by atoms with van der Waals surface area (Å²) in [6.07, 6.45) is 1.72. The second kappa shape index (κ2) is 10.4. The van der Waals surface area contributed by atoms with E-state index >= 15 is 0 Å². The number of benzene rings is 2. The van der Waals surface area contributed by atoms with Crippen LogP contribution in [0.2, 0.25) is 10.0 Å². The number of quaternary nitrogens is 1. The molecule has 27 heavy (non-hydrogen) atoms. The smallest absolute Gasteiger partial charge is 0.126 e. The SMILES string of the molecule is O[C@@H](C[NH2+]C[C@H]1CCCO1)COC(c1ccc(Cl)cc1)c1ccc(Cl)cc1. The first-order chi connectivity index (χ1) is 13.1. The summed E-state index contributed by atoms with van der Waals surface area (Å²) in [6, 6.07) is 15.1. The largest absolute Gasteiger partial charge is 0.385 e. The van der Waals surface area contributed by atoms with E-state index in [0.29, 0.717) is 22.7 Å². The predicted octanol–water partition coefficient (Wildman–Crippen LogP) is 3.20. The predicted molar refractivity (Wildman–Crippen MR) is 107 cm³/mol. The van der Waals surface area contributed by atoms with Crippen LogP contribution in [0.15, 0.2) is 48.5 Å². The molecular weight excluding hydrogens is 385 g/mol. The lowest BCUT2D eigenvalue weighted by atomic mass is 10.0. The average Bonchev–Trinajstić information content (AvgIpc) is 3.18. The minimum absolute atomic E-state index is 0.248. The third-order valence-corrected chi connectivity index (χ3v) is 5.20. The first-order valence-corrected chi connectivity index (χ1v) is 10.1. The molecule has 0 amide bonds. The number of ether oxygens (including phenoxy) is 2. The van der Waals surface area contributed by atoms with Crippen LogP contribution in [0.25, 0.3) is 0 Å². The van der Waals surface area contributed by atoms with E-state index in [0.717, 1.165) is 37.1 Å². The summed E-state index contributed by atoms with van der Waals surface area (Å²) in [4.78, 5) is 0. The molecule has 0 radical (unpaired) electrons. The third-order valence-electron chi connectivity index (χ3n) is 4.69. The van der Waals surface area contributed by atoms with Crippen molar-refractivity contribution in [3.8, 4) is 0 Å². The molecule has 6 heteroatoms. The maximum atomic E-state index is 10.3. The number of halogens is 2. The van der Waals surface area contributed by atoms with E-state index in [1.54, 1.807) is 0 Å². The minimum atomic E-state index is -0.548. The van der Waals surface area contributed by atoms with E-state index in [1.165, 1.54) is 0 Å². The molecular formula is C21H26Cl2NO3+. The molecule has 1 fully saturated rings. The molecule has 1 heterocycles. The molecule has 2 aromatic carbocycles. The lowest BCUT2D eigenvalue weighted by Crippen LogP contribution is -2.88. The number of hydrogen-bond donors (Lipinski definition) is 2. The number of aliphatic hydroxyl groups is 1. The summed E-state index contributed by atoms with van der Waals surface area (Å²) in [5.74, 6) is 0. The van der Waals surface area contributed by atoms with Crippen molar-refractivity contribution in [3.05, 3.63) is 69.7 Å². The lowest BCUT2D eigenvalue weighted by Gasteiger charge is -2.21. The Kier molecular flexibility index (Phi) is 7.94. The van der Waals surface area contributed by atoms with Gasteiger partial charge in [0, 0.05) is 16.7 Å². The Hall–Kier alpha value is -1.14. The monoisotopic (exact) mass is 410 g/mol. The molecule has 0 saturated carbocycles. The first kappa shape index (κ1) is 20.6.